The molecule has 0 aliphatic carbocycles. The molecule has 0 fully saturated rings. The van der Waals surface area contributed by atoms with Crippen LogP contribution in [0.15, 0.2) is 0 Å². The van der Waals surface area contributed by atoms with Gasteiger partial charge < -0.3 is 67.9 Å². The van der Waals surface area contributed by atoms with Crippen LogP contribution in [-0.4, -0.2) is 107 Å². The van der Waals surface area contributed by atoms with E-state index in [-0.39, 0.29) is 20.4 Å². The molecule has 36 heavy (non-hydrogen) atoms. The first kappa shape index (κ1) is 51.0. The van der Waals surface area contributed by atoms with Crippen molar-refractivity contribution in [3.05, 3.63) is 0 Å². The summed E-state index contributed by atoms with van der Waals surface area (Å²) in [6, 6.07) is 0. The van der Waals surface area contributed by atoms with Crippen LogP contribution in [0.4, 0.5) is 0 Å². The summed E-state index contributed by atoms with van der Waals surface area (Å²) in [7, 11) is 17.8. The van der Waals surface area contributed by atoms with Crippen LogP contribution >= 0.6 is 43.0 Å². The van der Waals surface area contributed by atoms with E-state index in [4.69, 9.17) is 0 Å². The van der Waals surface area contributed by atoms with Crippen LogP contribution in [0.5, 0.6) is 0 Å². The molecule has 0 heterocycles. The summed E-state index contributed by atoms with van der Waals surface area (Å²) >= 11 is 0. The van der Waals surface area contributed by atoms with Gasteiger partial charge in [0.25, 0.3) is 0 Å². The number of hydrogen-bond donors (Lipinski definition) is 0. The third-order valence-corrected chi connectivity index (χ3v) is 6.71. The van der Waals surface area contributed by atoms with Crippen molar-refractivity contribution in [1.29, 1.82) is 0 Å². The standard InChI is InChI=1S/5C3H9O3P.Pd/c5*1-4-7(5-2)6-3;/h5*1-3H3;. The largest absolute Gasteiger partial charge is 0.331 e. The van der Waals surface area contributed by atoms with Gasteiger partial charge in [0.15, 0.2) is 0 Å². The second kappa shape index (κ2) is 47.0. The minimum Gasteiger partial charge on any atom is -0.316 e. The molecule has 0 aromatic heterocycles. The van der Waals surface area contributed by atoms with Gasteiger partial charge >= 0.3 is 43.0 Å². The first-order valence-corrected chi connectivity index (χ1v) is 14.3. The van der Waals surface area contributed by atoms with E-state index in [2.05, 4.69) is 67.9 Å². The van der Waals surface area contributed by atoms with Crippen LogP contribution in [-0.2, 0) is 88.3 Å². The quantitative estimate of drug-likeness (QED) is 0.149. The van der Waals surface area contributed by atoms with E-state index in [1.165, 1.54) is 0 Å². The molecule has 0 atom stereocenters. The van der Waals surface area contributed by atoms with Crippen LogP contribution in [0.1, 0.15) is 0 Å². The molecule has 0 N–H and O–H groups in total. The van der Waals surface area contributed by atoms with Crippen LogP contribution < -0.4 is 0 Å². The van der Waals surface area contributed by atoms with Crippen LogP contribution in [0.2, 0.25) is 0 Å². The molecule has 0 unspecified atom stereocenters. The van der Waals surface area contributed by atoms with Crippen molar-refractivity contribution in [2.75, 3.05) is 107 Å². The second-order valence-corrected chi connectivity index (χ2v) is 11.6. The van der Waals surface area contributed by atoms with Gasteiger partial charge in [0.2, 0.25) is 0 Å². The Morgan fingerprint density at radius 1 is 0.194 bits per heavy atom. The average Bonchev–Trinajstić information content (AvgIpc) is 2.91. The summed E-state index contributed by atoms with van der Waals surface area (Å²) in [6.07, 6.45) is 0. The SMILES string of the molecule is COP(OC)OC.COP(OC)OC.COP(OC)OC.COP(OC)OC.COP(OC)OC.[Pd]. The van der Waals surface area contributed by atoms with Crippen molar-refractivity contribution in [2.45, 2.75) is 0 Å². The van der Waals surface area contributed by atoms with Gasteiger partial charge in [0.05, 0.1) is 0 Å². The van der Waals surface area contributed by atoms with Crippen molar-refractivity contribution in [3.8, 4) is 0 Å². The fourth-order valence-electron chi connectivity index (χ4n) is 1.12. The molecule has 0 aliphatic heterocycles. The first-order chi connectivity index (χ1) is 16.7. The predicted octanol–water partition coefficient (Wildman–Crippen LogP) is 5.76. The third-order valence-electron chi connectivity index (χ3n) is 2.24. The van der Waals surface area contributed by atoms with E-state index in [0.717, 1.165) is 0 Å². The van der Waals surface area contributed by atoms with Gasteiger partial charge in [0.1, 0.15) is 0 Å². The smallest absolute Gasteiger partial charge is 0.316 e. The molecule has 0 aromatic carbocycles. The predicted molar refractivity (Wildman–Crippen MR) is 140 cm³/mol. The summed E-state index contributed by atoms with van der Waals surface area (Å²) < 4.78 is 70.0. The van der Waals surface area contributed by atoms with Crippen molar-refractivity contribution in [2.24, 2.45) is 0 Å². The van der Waals surface area contributed by atoms with E-state index < -0.39 is 43.0 Å². The first-order valence-electron chi connectivity index (χ1n) is 8.86. The fraction of sp³-hybridized carbons (Fsp3) is 1.00. The topological polar surface area (TPSA) is 138 Å². The zero-order valence-electron chi connectivity index (χ0n) is 23.7. The monoisotopic (exact) mass is 726 g/mol. The van der Waals surface area contributed by atoms with Gasteiger partial charge in [-0.1, -0.05) is 0 Å². The summed E-state index contributed by atoms with van der Waals surface area (Å²) in [5.41, 5.74) is 0. The molecule has 0 saturated carbocycles. The maximum absolute atomic E-state index is 4.67. The van der Waals surface area contributed by atoms with E-state index in [9.17, 15) is 0 Å². The van der Waals surface area contributed by atoms with Crippen molar-refractivity contribution in [1.82, 2.24) is 0 Å². The maximum atomic E-state index is 4.67. The molecule has 15 nitrogen and oxygen atoms in total. The van der Waals surface area contributed by atoms with Gasteiger partial charge in [-0.25, -0.2) is 0 Å². The van der Waals surface area contributed by atoms with Crippen molar-refractivity contribution < 1.29 is 88.3 Å². The van der Waals surface area contributed by atoms with Gasteiger partial charge in [-0.05, 0) is 0 Å². The van der Waals surface area contributed by atoms with Crippen molar-refractivity contribution in [3.63, 3.8) is 0 Å². The summed E-state index contributed by atoms with van der Waals surface area (Å²) in [6.45, 7) is 0. The maximum Gasteiger partial charge on any atom is 0.331 e. The molecule has 0 radical (unpaired) electrons. The minimum absolute atomic E-state index is 0. The Morgan fingerprint density at radius 3 is 0.250 bits per heavy atom. The third kappa shape index (κ3) is 43.3. The van der Waals surface area contributed by atoms with Gasteiger partial charge in [-0.2, -0.15) is 0 Å². The summed E-state index contributed by atoms with van der Waals surface area (Å²) in [5, 5.41) is 0. The molecule has 21 heteroatoms. The Morgan fingerprint density at radius 2 is 0.250 bits per heavy atom. The molecule has 0 amide bonds. The summed E-state index contributed by atoms with van der Waals surface area (Å²) in [4.78, 5) is 0. The van der Waals surface area contributed by atoms with E-state index in [1.807, 2.05) is 0 Å². The summed E-state index contributed by atoms with van der Waals surface area (Å²) in [5.74, 6) is 0. The van der Waals surface area contributed by atoms with Gasteiger partial charge in [0, 0.05) is 127 Å². The molecule has 0 spiro atoms. The average molecular weight is 727 g/mol. The Hall–Kier alpha value is 2.21. The normalized spacial score (nSPS) is 10.0. The van der Waals surface area contributed by atoms with Gasteiger partial charge in [-0.3, -0.25) is 0 Å². The van der Waals surface area contributed by atoms with E-state index in [0.29, 0.717) is 0 Å². The molecule has 230 valence electrons. The molecule has 0 saturated heterocycles. The molecule has 0 aliphatic rings. The Kier molecular flexibility index (Phi) is 66.6. The Bertz CT molecular complexity index is 235. The zero-order valence-corrected chi connectivity index (χ0v) is 29.7. The minimum atomic E-state index is -1.05. The van der Waals surface area contributed by atoms with Crippen LogP contribution in [0.3, 0.4) is 0 Å². The number of hydrogen-bond acceptors (Lipinski definition) is 15. The molecule has 0 rings (SSSR count). The Balaban J connectivity index is -0.0000000776. The second-order valence-electron chi connectivity index (χ2n) is 3.86. The van der Waals surface area contributed by atoms with E-state index in [1.54, 1.807) is 107 Å². The molecular weight excluding hydrogens is 681 g/mol. The van der Waals surface area contributed by atoms with Crippen LogP contribution in [0.25, 0.3) is 0 Å². The van der Waals surface area contributed by atoms with Crippen molar-refractivity contribution >= 4 is 43.0 Å². The molecule has 0 bridgehead atoms. The van der Waals surface area contributed by atoms with Crippen LogP contribution in [0, 0.1) is 0 Å². The fourth-order valence-corrected chi connectivity index (χ4v) is 3.35. The molecule has 0 aromatic rings. The zero-order chi connectivity index (χ0) is 28.5. The number of rotatable bonds is 15. The van der Waals surface area contributed by atoms with Gasteiger partial charge in [-0.15, -0.1) is 0 Å². The molecular formula is C15H45O15P5Pd. The van der Waals surface area contributed by atoms with E-state index >= 15 is 0 Å². The Labute approximate surface area is 237 Å².